The van der Waals surface area contributed by atoms with Crippen LogP contribution in [0.5, 0.6) is 0 Å². The zero-order chi connectivity index (χ0) is 40.8. The minimum atomic E-state index is -0.430. The van der Waals surface area contributed by atoms with E-state index < -0.39 is 12.1 Å². The molecule has 2 nitrogen and oxygen atoms in total. The maximum atomic E-state index is 8.89. The monoisotopic (exact) mass is 650 g/mol. The minimum absolute atomic E-state index is 0.109. The molecule has 0 bridgehead atoms. The summed E-state index contributed by atoms with van der Waals surface area (Å²) in [6.07, 6.45) is 0. The third kappa shape index (κ3) is 3.85. The topological polar surface area (TPSA) is 9.86 Å². The lowest BCUT2D eigenvalue weighted by atomic mass is 9.92. The molecule has 3 heteroatoms. The van der Waals surface area contributed by atoms with Crippen molar-refractivity contribution in [1.29, 1.82) is 0 Å². The normalized spacial score (nSPS) is 15.3. The van der Waals surface area contributed by atoms with E-state index in [2.05, 4.69) is 42.5 Å². The first-order valence-electron chi connectivity index (χ1n) is 21.0. The minimum Gasteiger partial charge on any atom is -0.309 e. The van der Waals surface area contributed by atoms with Gasteiger partial charge < -0.3 is 9.13 Å². The summed E-state index contributed by atoms with van der Waals surface area (Å²) in [5, 5.41) is 5.73. The van der Waals surface area contributed by atoms with E-state index in [-0.39, 0.29) is 59.7 Å². The molecular formula is C46H28N2S. The molecule has 11 rings (SSSR count). The Hall–Kier alpha value is -6.03. The molecule has 0 spiro atoms. The first-order chi connectivity index (χ1) is 28.5. The zero-order valence-corrected chi connectivity index (χ0v) is 26.5. The maximum absolute atomic E-state index is 8.89. The Morgan fingerprint density at radius 3 is 1.80 bits per heavy atom. The van der Waals surface area contributed by atoms with Gasteiger partial charge in [-0.25, -0.2) is 0 Å². The number of fused-ring (bicyclic) bond motifs is 9. The van der Waals surface area contributed by atoms with Crippen molar-refractivity contribution in [3.8, 4) is 33.6 Å². The molecule has 1 aliphatic heterocycles. The van der Waals surface area contributed by atoms with E-state index in [0.29, 0.717) is 0 Å². The average molecular weight is 651 g/mol. The predicted octanol–water partition coefficient (Wildman–Crippen LogP) is 12.8. The summed E-state index contributed by atoms with van der Waals surface area (Å²) in [5.41, 5.74) is 7.28. The second kappa shape index (κ2) is 10.2. The molecule has 8 aromatic carbocycles. The highest BCUT2D eigenvalue weighted by Gasteiger charge is 2.24. The van der Waals surface area contributed by atoms with Crippen LogP contribution < -0.4 is 0 Å². The van der Waals surface area contributed by atoms with Crippen LogP contribution in [0.1, 0.15) is 13.7 Å². The van der Waals surface area contributed by atoms with Gasteiger partial charge in [0.25, 0.3) is 0 Å². The standard InChI is InChI=1S/C46H28N2S/c1-3-12-31(13-4-1)47-39-20-9-7-16-33(39)37-26-29(22-24-41(37)47)30-23-25-43-38(27-30)34-18-11-19-36-45-35-17-8-10-21-40(35)48(32-14-5-2-6-15-32)42(45)28-44(49-43)46(34)36/h1-28H/i1D,2D,3D,4D,5D,6D,12D,13D,14D,15D. The smallest absolute Gasteiger partial charge is 0.0645 e. The second-order valence-corrected chi connectivity index (χ2v) is 13.3. The van der Waals surface area contributed by atoms with Gasteiger partial charge in [0.05, 0.1) is 35.8 Å². The number of aromatic nitrogens is 2. The van der Waals surface area contributed by atoms with Gasteiger partial charge >= 0.3 is 0 Å². The van der Waals surface area contributed by atoms with Crippen LogP contribution in [0, 0.1) is 0 Å². The van der Waals surface area contributed by atoms with Gasteiger partial charge in [-0.2, -0.15) is 0 Å². The van der Waals surface area contributed by atoms with Crippen molar-refractivity contribution in [2.75, 3.05) is 0 Å². The number of benzene rings is 8. The maximum Gasteiger partial charge on any atom is 0.0645 e. The highest BCUT2D eigenvalue weighted by atomic mass is 32.2. The van der Waals surface area contributed by atoms with Gasteiger partial charge in [-0.05, 0) is 94.3 Å². The van der Waals surface area contributed by atoms with Crippen molar-refractivity contribution >= 4 is 66.1 Å². The Morgan fingerprint density at radius 1 is 0.408 bits per heavy atom. The summed E-state index contributed by atoms with van der Waals surface area (Å²) in [4.78, 5) is 2.05. The van der Waals surface area contributed by atoms with E-state index >= 15 is 0 Å². The van der Waals surface area contributed by atoms with Gasteiger partial charge in [0.15, 0.2) is 0 Å². The molecular weight excluding hydrogens is 613 g/mol. The number of nitrogens with zero attached hydrogens (tertiary/aromatic N) is 2. The third-order valence-electron chi connectivity index (χ3n) is 9.68. The second-order valence-electron chi connectivity index (χ2n) is 12.2. The van der Waals surface area contributed by atoms with Crippen molar-refractivity contribution in [3.63, 3.8) is 0 Å². The van der Waals surface area contributed by atoms with Gasteiger partial charge in [0.2, 0.25) is 0 Å². The predicted molar refractivity (Wildman–Crippen MR) is 208 cm³/mol. The third-order valence-corrected chi connectivity index (χ3v) is 10.8. The Labute approximate surface area is 301 Å². The van der Waals surface area contributed by atoms with E-state index in [1.807, 2.05) is 71.3 Å². The molecule has 0 fully saturated rings. The lowest BCUT2D eigenvalue weighted by molar-refractivity contribution is 1.18. The van der Waals surface area contributed by atoms with Crippen LogP contribution in [0.4, 0.5) is 0 Å². The molecule has 0 unspecified atom stereocenters. The van der Waals surface area contributed by atoms with E-state index in [0.717, 1.165) is 86.4 Å². The molecule has 0 amide bonds. The Bertz CT molecular complexity index is 3490. The van der Waals surface area contributed by atoms with Gasteiger partial charge in [-0.1, -0.05) is 115 Å². The summed E-state index contributed by atoms with van der Waals surface area (Å²) < 4.78 is 88.9. The quantitative estimate of drug-likeness (QED) is 0.185. The molecule has 0 atom stereocenters. The average Bonchev–Trinajstić information content (AvgIpc) is 3.76. The molecule has 1 aliphatic rings. The number of rotatable bonds is 3. The van der Waals surface area contributed by atoms with E-state index in [1.54, 1.807) is 16.3 Å². The van der Waals surface area contributed by atoms with Crippen molar-refractivity contribution in [3.05, 3.63) is 170 Å². The molecule has 0 N–H and O–H groups in total. The first kappa shape index (κ1) is 19.1. The Morgan fingerprint density at radius 2 is 1.02 bits per heavy atom. The van der Waals surface area contributed by atoms with Gasteiger partial charge in [0.1, 0.15) is 0 Å². The van der Waals surface area contributed by atoms with Crippen LogP contribution >= 0.6 is 11.8 Å². The van der Waals surface area contributed by atoms with Gasteiger partial charge in [-0.3, -0.25) is 0 Å². The number of para-hydroxylation sites is 4. The fourth-order valence-corrected chi connectivity index (χ4v) is 8.82. The molecule has 2 aromatic heterocycles. The molecule has 49 heavy (non-hydrogen) atoms. The Kier molecular flexibility index (Phi) is 3.99. The van der Waals surface area contributed by atoms with E-state index in [1.165, 1.54) is 0 Å². The van der Waals surface area contributed by atoms with Crippen LogP contribution in [0.2, 0.25) is 0 Å². The van der Waals surface area contributed by atoms with Crippen molar-refractivity contribution in [2.45, 2.75) is 9.79 Å². The largest absolute Gasteiger partial charge is 0.309 e. The van der Waals surface area contributed by atoms with Crippen LogP contribution in [0.25, 0.3) is 88.0 Å². The summed E-state index contributed by atoms with van der Waals surface area (Å²) >= 11 is 1.64. The fraction of sp³-hybridized carbons (Fsp3) is 0. The summed E-state index contributed by atoms with van der Waals surface area (Å²) in [5.74, 6) is 0. The molecule has 228 valence electrons. The lowest BCUT2D eigenvalue weighted by Crippen LogP contribution is -1.96. The van der Waals surface area contributed by atoms with Crippen LogP contribution in [-0.4, -0.2) is 9.13 Å². The van der Waals surface area contributed by atoms with E-state index in [4.69, 9.17) is 13.7 Å². The SMILES string of the molecule is [2H]c1c([2H])c([2H])c(-n2c3ccccc3c3cc(-c4ccc5c(c4)-c4cccc6c4c(cc4c6c6ccccc6n4-c4c([2H])c([2H])c([2H])c([2H])c4[2H])S5)ccc32)c([2H])c1[2H]. The lowest BCUT2D eigenvalue weighted by Gasteiger charge is -2.22. The number of hydrogen-bond donors (Lipinski definition) is 0. The molecule has 0 saturated heterocycles. The highest BCUT2D eigenvalue weighted by Crippen LogP contribution is 2.52. The van der Waals surface area contributed by atoms with Crippen LogP contribution in [-0.2, 0) is 0 Å². The first-order valence-corrected chi connectivity index (χ1v) is 16.8. The highest BCUT2D eigenvalue weighted by molar-refractivity contribution is 7.99. The van der Waals surface area contributed by atoms with Crippen molar-refractivity contribution in [1.82, 2.24) is 9.13 Å². The Balaban J connectivity index is 1.11. The van der Waals surface area contributed by atoms with Gasteiger partial charge in [-0.15, -0.1) is 0 Å². The van der Waals surface area contributed by atoms with Crippen molar-refractivity contribution in [2.24, 2.45) is 0 Å². The zero-order valence-electron chi connectivity index (χ0n) is 35.7. The number of hydrogen-bond acceptors (Lipinski definition) is 1. The van der Waals surface area contributed by atoms with Crippen LogP contribution in [0.15, 0.2) is 179 Å². The molecule has 0 radical (unpaired) electrons. The summed E-state index contributed by atoms with van der Waals surface area (Å²) in [6, 6.07) is 32.9. The summed E-state index contributed by atoms with van der Waals surface area (Å²) in [7, 11) is 0. The molecule has 3 heterocycles. The fourth-order valence-electron chi connectivity index (χ4n) is 7.68. The molecule has 0 aliphatic carbocycles. The molecule has 10 aromatic rings. The summed E-state index contributed by atoms with van der Waals surface area (Å²) in [6.45, 7) is 0. The van der Waals surface area contributed by atoms with Crippen LogP contribution in [0.3, 0.4) is 0 Å². The molecule has 0 saturated carbocycles. The van der Waals surface area contributed by atoms with E-state index in [9.17, 15) is 0 Å². The van der Waals surface area contributed by atoms with Gasteiger partial charge in [0, 0.05) is 48.1 Å². The van der Waals surface area contributed by atoms with Crippen molar-refractivity contribution < 1.29 is 13.7 Å².